The summed E-state index contributed by atoms with van der Waals surface area (Å²) in [4.78, 5) is 3.35. The Balaban J connectivity index is 2.68. The minimum atomic E-state index is -0.236. The van der Waals surface area contributed by atoms with E-state index >= 15 is 0 Å². The summed E-state index contributed by atoms with van der Waals surface area (Å²) in [6.07, 6.45) is 3.92. The van der Waals surface area contributed by atoms with Crippen LogP contribution in [0.15, 0.2) is 31.4 Å². The number of hydrogen-bond donors (Lipinski definition) is 1. The first kappa shape index (κ1) is 12.5. The molecule has 0 radical (unpaired) electrons. The summed E-state index contributed by atoms with van der Waals surface area (Å²) in [5.74, 6) is 0. The van der Waals surface area contributed by atoms with Gasteiger partial charge in [-0.05, 0) is 0 Å². The van der Waals surface area contributed by atoms with Crippen molar-refractivity contribution < 1.29 is 19.4 Å². The molecule has 1 aromatic heterocycles. The molecule has 3 heteroatoms. The van der Waals surface area contributed by atoms with Crippen LogP contribution in [0.5, 0.6) is 0 Å². The van der Waals surface area contributed by atoms with Crippen molar-refractivity contribution in [3.63, 3.8) is 0 Å². The van der Waals surface area contributed by atoms with Gasteiger partial charge in [0.25, 0.3) is 0 Å². The SMILES string of the molecule is C=CC[N](CC=C)[Ti][c]1cc(C)[nH]c1C. The Bertz CT molecular complexity index is 331. The molecule has 0 aliphatic rings. The van der Waals surface area contributed by atoms with Gasteiger partial charge in [0.05, 0.1) is 0 Å². The number of aromatic nitrogens is 1. The van der Waals surface area contributed by atoms with E-state index in [1.807, 2.05) is 12.2 Å². The number of rotatable bonds is 6. The van der Waals surface area contributed by atoms with Crippen LogP contribution in [0.1, 0.15) is 11.4 Å². The molecule has 0 saturated heterocycles. The van der Waals surface area contributed by atoms with E-state index in [9.17, 15) is 0 Å². The van der Waals surface area contributed by atoms with Crippen LogP contribution in [-0.4, -0.2) is 21.5 Å². The van der Waals surface area contributed by atoms with Crippen molar-refractivity contribution in [2.75, 3.05) is 13.1 Å². The molecule has 1 heterocycles. The van der Waals surface area contributed by atoms with Gasteiger partial charge in [0.15, 0.2) is 0 Å². The predicted octanol–water partition coefficient (Wildman–Crippen LogP) is 1.93. The average molecular weight is 238 g/mol. The first-order valence-electron chi connectivity index (χ1n) is 5.07. The zero-order chi connectivity index (χ0) is 11.3. The second-order valence-electron chi connectivity index (χ2n) is 3.59. The van der Waals surface area contributed by atoms with E-state index in [4.69, 9.17) is 0 Å². The quantitative estimate of drug-likeness (QED) is 0.592. The van der Waals surface area contributed by atoms with Crippen LogP contribution in [-0.2, 0) is 19.4 Å². The summed E-state index contributed by atoms with van der Waals surface area (Å²) in [5, 5.41) is 0. The summed E-state index contributed by atoms with van der Waals surface area (Å²) in [7, 11) is 0. The molecule has 1 N–H and O–H groups in total. The summed E-state index contributed by atoms with van der Waals surface area (Å²) in [5.41, 5.74) is 2.56. The third-order valence-corrected chi connectivity index (χ3v) is 4.38. The van der Waals surface area contributed by atoms with E-state index in [1.165, 1.54) is 15.3 Å². The normalized spacial score (nSPS) is 10.3. The van der Waals surface area contributed by atoms with Gasteiger partial charge in [-0.25, -0.2) is 0 Å². The molecule has 0 unspecified atom stereocenters. The van der Waals surface area contributed by atoms with Gasteiger partial charge in [0.1, 0.15) is 0 Å². The van der Waals surface area contributed by atoms with Gasteiger partial charge in [0.2, 0.25) is 0 Å². The fraction of sp³-hybridized carbons (Fsp3) is 0.333. The zero-order valence-corrected chi connectivity index (χ0v) is 11.1. The van der Waals surface area contributed by atoms with Crippen LogP contribution >= 0.6 is 0 Å². The van der Waals surface area contributed by atoms with Gasteiger partial charge in [-0.15, -0.1) is 0 Å². The molecule has 2 nitrogen and oxygen atoms in total. The Morgan fingerprint density at radius 3 is 2.33 bits per heavy atom. The molecule has 1 aromatic rings. The Labute approximate surface area is 101 Å². The number of aryl methyl sites for hydroxylation is 2. The Hall–Kier alpha value is -0.566. The molecule has 1 rings (SSSR count). The van der Waals surface area contributed by atoms with Gasteiger partial charge in [-0.3, -0.25) is 0 Å². The molecule has 80 valence electrons. The Morgan fingerprint density at radius 2 is 1.93 bits per heavy atom. The van der Waals surface area contributed by atoms with E-state index in [2.05, 4.69) is 41.4 Å². The van der Waals surface area contributed by atoms with Gasteiger partial charge in [0, 0.05) is 0 Å². The van der Waals surface area contributed by atoms with E-state index in [0.29, 0.717) is 0 Å². The Morgan fingerprint density at radius 1 is 1.33 bits per heavy atom. The second-order valence-corrected chi connectivity index (χ2v) is 5.76. The molecule has 0 atom stereocenters. The number of nitrogens with one attached hydrogen (secondary N) is 1. The summed E-state index contributed by atoms with van der Waals surface area (Å²) >= 11 is -0.236. The molecule has 0 amide bonds. The van der Waals surface area contributed by atoms with E-state index in [-0.39, 0.29) is 19.4 Å². The standard InChI is InChI=1S/C6H8N.C6H10N.Ti/c1-5-3-4-6(2)7-5;1-3-5-7-6-4-2;/h3,7H,1-2H3;3-4H,1-2,5-6H2;/q;-1;+1. The van der Waals surface area contributed by atoms with Gasteiger partial charge in [-0.1, -0.05) is 0 Å². The molecule has 0 aliphatic heterocycles. The maximum absolute atomic E-state index is 3.79. The molecule has 0 saturated carbocycles. The van der Waals surface area contributed by atoms with E-state index in [1.54, 1.807) is 0 Å². The van der Waals surface area contributed by atoms with Crippen molar-refractivity contribution in [2.24, 2.45) is 0 Å². The average Bonchev–Trinajstić information content (AvgIpc) is 2.46. The van der Waals surface area contributed by atoms with Crippen LogP contribution in [0.2, 0.25) is 0 Å². The van der Waals surface area contributed by atoms with Crippen LogP contribution in [0.4, 0.5) is 0 Å². The monoisotopic (exact) mass is 238 g/mol. The molecular weight excluding hydrogens is 220 g/mol. The van der Waals surface area contributed by atoms with Crippen molar-refractivity contribution >= 4 is 3.87 Å². The molecule has 0 fully saturated rings. The summed E-state index contributed by atoms with van der Waals surface area (Å²) in [6, 6.07) is 2.26. The van der Waals surface area contributed by atoms with Gasteiger partial charge in [-0.2, -0.15) is 0 Å². The van der Waals surface area contributed by atoms with Crippen LogP contribution in [0.25, 0.3) is 0 Å². The molecule has 0 aliphatic carbocycles. The molecule has 0 bridgehead atoms. The van der Waals surface area contributed by atoms with Crippen LogP contribution in [0, 0.1) is 13.8 Å². The predicted molar refractivity (Wildman–Crippen MR) is 61.9 cm³/mol. The number of nitrogens with zero attached hydrogens (tertiary/aromatic N) is 1. The first-order chi connectivity index (χ1) is 7.17. The molecule has 0 spiro atoms. The van der Waals surface area contributed by atoms with Crippen molar-refractivity contribution in [1.29, 1.82) is 0 Å². The summed E-state index contributed by atoms with van der Waals surface area (Å²) < 4.78 is 3.91. The third kappa shape index (κ3) is 3.82. The van der Waals surface area contributed by atoms with Gasteiger partial charge < -0.3 is 0 Å². The molecule has 15 heavy (non-hydrogen) atoms. The van der Waals surface area contributed by atoms with Crippen molar-refractivity contribution in [2.45, 2.75) is 13.8 Å². The maximum atomic E-state index is 3.79. The number of hydrogen-bond acceptors (Lipinski definition) is 1. The van der Waals surface area contributed by atoms with Crippen molar-refractivity contribution in [3.8, 4) is 0 Å². The van der Waals surface area contributed by atoms with Crippen LogP contribution < -0.4 is 3.87 Å². The van der Waals surface area contributed by atoms with E-state index in [0.717, 1.165) is 13.1 Å². The first-order valence-corrected chi connectivity index (χ1v) is 6.55. The van der Waals surface area contributed by atoms with Crippen LogP contribution in [0.3, 0.4) is 0 Å². The topological polar surface area (TPSA) is 19.0 Å². The fourth-order valence-corrected chi connectivity index (χ4v) is 3.51. The van der Waals surface area contributed by atoms with Crippen molar-refractivity contribution in [3.05, 3.63) is 42.8 Å². The summed E-state index contributed by atoms with van der Waals surface area (Å²) in [6.45, 7) is 13.7. The third-order valence-electron chi connectivity index (χ3n) is 2.13. The molecular formula is C12H18N2Ti. The molecule has 0 aromatic carbocycles. The van der Waals surface area contributed by atoms with E-state index < -0.39 is 0 Å². The Kier molecular flexibility index (Phi) is 5.10. The fourth-order valence-electron chi connectivity index (χ4n) is 1.49. The van der Waals surface area contributed by atoms with Crippen molar-refractivity contribution in [1.82, 2.24) is 8.37 Å². The number of aromatic amines is 1. The second kappa shape index (κ2) is 6.11. The zero-order valence-electron chi connectivity index (χ0n) is 9.51. The van der Waals surface area contributed by atoms with Gasteiger partial charge >= 0.3 is 101 Å². The minimum absolute atomic E-state index is 0.236. The number of H-pyrrole nitrogens is 1.